The van der Waals surface area contributed by atoms with E-state index in [9.17, 15) is 0 Å². The summed E-state index contributed by atoms with van der Waals surface area (Å²) in [5.74, 6) is 2.85. The Morgan fingerprint density at radius 1 is 1.16 bits per heavy atom. The van der Waals surface area contributed by atoms with Crippen LogP contribution in [0.5, 0.6) is 0 Å². The van der Waals surface area contributed by atoms with E-state index < -0.39 is 0 Å². The molecule has 19 heavy (non-hydrogen) atoms. The van der Waals surface area contributed by atoms with Gasteiger partial charge >= 0.3 is 0 Å². The lowest BCUT2D eigenvalue weighted by Gasteiger charge is -2.34. The number of aryl methyl sites for hydroxylation is 1. The van der Waals surface area contributed by atoms with Crippen LogP contribution < -0.4 is 10.2 Å². The molecule has 5 nitrogen and oxygen atoms in total. The van der Waals surface area contributed by atoms with Crippen molar-refractivity contribution in [3.63, 3.8) is 0 Å². The first-order valence-corrected chi connectivity index (χ1v) is 7.29. The minimum Gasteiger partial charge on any atom is -0.370 e. The Kier molecular flexibility index (Phi) is 4.96. The molecular weight excluding hydrogens is 238 g/mol. The molecule has 2 heterocycles. The topological polar surface area (TPSA) is 44.3 Å². The molecule has 0 amide bonds. The molecule has 0 aromatic carbocycles. The standard InChI is InChI=1S/C14H25N5/c1-4-6-15-13-11-14(17-12(3)16-13)19-9-7-18(5-2)8-10-19/h11H,4-10H2,1-3H3,(H,15,16,17). The molecule has 1 aromatic heterocycles. The highest BCUT2D eigenvalue weighted by atomic mass is 15.3. The summed E-state index contributed by atoms with van der Waals surface area (Å²) in [5.41, 5.74) is 0. The average Bonchev–Trinajstić information content (AvgIpc) is 2.44. The molecule has 5 heteroatoms. The first kappa shape index (κ1) is 14.1. The molecule has 0 bridgehead atoms. The van der Waals surface area contributed by atoms with Crippen LogP contribution in [0.1, 0.15) is 26.1 Å². The first-order valence-electron chi connectivity index (χ1n) is 7.29. The van der Waals surface area contributed by atoms with Crippen molar-refractivity contribution in [2.45, 2.75) is 27.2 Å². The number of likely N-dealkylation sites (N-methyl/N-ethyl adjacent to an activating group) is 1. The molecule has 1 aromatic rings. The summed E-state index contributed by atoms with van der Waals surface area (Å²) >= 11 is 0. The van der Waals surface area contributed by atoms with Gasteiger partial charge in [0.1, 0.15) is 17.5 Å². The maximum absolute atomic E-state index is 4.57. The van der Waals surface area contributed by atoms with Gasteiger partial charge in [0.2, 0.25) is 0 Å². The van der Waals surface area contributed by atoms with Crippen molar-refractivity contribution in [3.05, 3.63) is 11.9 Å². The predicted octanol–water partition coefficient (Wildman–Crippen LogP) is 1.75. The van der Waals surface area contributed by atoms with Crippen molar-refractivity contribution in [3.8, 4) is 0 Å². The van der Waals surface area contributed by atoms with E-state index >= 15 is 0 Å². The second-order valence-corrected chi connectivity index (χ2v) is 5.01. The van der Waals surface area contributed by atoms with E-state index in [0.717, 1.165) is 63.1 Å². The quantitative estimate of drug-likeness (QED) is 0.877. The van der Waals surface area contributed by atoms with Crippen LogP contribution in [0.3, 0.4) is 0 Å². The molecule has 0 aliphatic carbocycles. The van der Waals surface area contributed by atoms with E-state index in [1.54, 1.807) is 0 Å². The minimum atomic E-state index is 0.842. The third-order valence-corrected chi connectivity index (χ3v) is 3.52. The number of nitrogens with one attached hydrogen (secondary N) is 1. The van der Waals surface area contributed by atoms with Crippen molar-refractivity contribution >= 4 is 11.6 Å². The van der Waals surface area contributed by atoms with Crippen molar-refractivity contribution in [2.24, 2.45) is 0 Å². The van der Waals surface area contributed by atoms with Crippen LogP contribution in [0.25, 0.3) is 0 Å². The molecule has 1 fully saturated rings. The molecule has 0 atom stereocenters. The minimum absolute atomic E-state index is 0.842. The van der Waals surface area contributed by atoms with Crippen molar-refractivity contribution in [1.29, 1.82) is 0 Å². The van der Waals surface area contributed by atoms with Gasteiger partial charge in [0.25, 0.3) is 0 Å². The first-order chi connectivity index (χ1) is 9.22. The normalized spacial score (nSPS) is 16.7. The Hall–Kier alpha value is -1.36. The Morgan fingerprint density at radius 3 is 2.53 bits per heavy atom. The zero-order chi connectivity index (χ0) is 13.7. The molecule has 1 aliphatic rings. The van der Waals surface area contributed by atoms with Gasteiger partial charge < -0.3 is 15.1 Å². The van der Waals surface area contributed by atoms with Crippen molar-refractivity contribution < 1.29 is 0 Å². The third kappa shape index (κ3) is 3.80. The molecule has 2 rings (SSSR count). The summed E-state index contributed by atoms with van der Waals surface area (Å²) in [6, 6.07) is 2.07. The van der Waals surface area contributed by atoms with Gasteiger partial charge in [0.15, 0.2) is 0 Å². The second-order valence-electron chi connectivity index (χ2n) is 5.01. The van der Waals surface area contributed by atoms with Crippen LogP contribution in [-0.4, -0.2) is 54.1 Å². The number of nitrogens with zero attached hydrogens (tertiary/aromatic N) is 4. The Balaban J connectivity index is 2.05. The van der Waals surface area contributed by atoms with Crippen molar-refractivity contribution in [2.75, 3.05) is 49.5 Å². The number of hydrogen-bond acceptors (Lipinski definition) is 5. The van der Waals surface area contributed by atoms with E-state index in [1.165, 1.54) is 0 Å². The zero-order valence-corrected chi connectivity index (χ0v) is 12.3. The second kappa shape index (κ2) is 6.70. The Morgan fingerprint density at radius 2 is 1.89 bits per heavy atom. The summed E-state index contributed by atoms with van der Waals surface area (Å²) in [5, 5.41) is 3.35. The van der Waals surface area contributed by atoms with E-state index in [4.69, 9.17) is 0 Å². The van der Waals surface area contributed by atoms with Gasteiger partial charge in [-0.25, -0.2) is 9.97 Å². The van der Waals surface area contributed by atoms with Crippen LogP contribution in [0, 0.1) is 6.92 Å². The number of anilines is 2. The summed E-state index contributed by atoms with van der Waals surface area (Å²) < 4.78 is 0. The lowest BCUT2D eigenvalue weighted by molar-refractivity contribution is 0.270. The van der Waals surface area contributed by atoms with E-state index in [0.29, 0.717) is 0 Å². The molecular formula is C14H25N5. The highest BCUT2D eigenvalue weighted by molar-refractivity contribution is 5.49. The third-order valence-electron chi connectivity index (χ3n) is 3.52. The zero-order valence-electron chi connectivity index (χ0n) is 12.3. The molecule has 0 radical (unpaired) electrons. The van der Waals surface area contributed by atoms with Gasteiger partial charge in [-0.2, -0.15) is 0 Å². The van der Waals surface area contributed by atoms with E-state index in [1.807, 2.05) is 6.92 Å². The lowest BCUT2D eigenvalue weighted by Crippen LogP contribution is -2.46. The number of aromatic nitrogens is 2. The monoisotopic (exact) mass is 263 g/mol. The van der Waals surface area contributed by atoms with Gasteiger partial charge in [0, 0.05) is 38.8 Å². The van der Waals surface area contributed by atoms with Gasteiger partial charge in [-0.05, 0) is 19.9 Å². The molecule has 1 N–H and O–H groups in total. The van der Waals surface area contributed by atoms with E-state index in [2.05, 4.69) is 45.0 Å². The van der Waals surface area contributed by atoms with Gasteiger partial charge in [-0.3, -0.25) is 0 Å². The Labute approximate surface area is 116 Å². The summed E-state index contributed by atoms with van der Waals surface area (Å²) in [6.07, 6.45) is 1.10. The van der Waals surface area contributed by atoms with Gasteiger partial charge in [-0.15, -0.1) is 0 Å². The summed E-state index contributed by atoms with van der Waals surface area (Å²) in [4.78, 5) is 13.8. The SMILES string of the molecule is CCCNc1cc(N2CCN(CC)CC2)nc(C)n1. The lowest BCUT2D eigenvalue weighted by atomic mass is 10.3. The highest BCUT2D eigenvalue weighted by Gasteiger charge is 2.17. The van der Waals surface area contributed by atoms with Gasteiger partial charge in [0.05, 0.1) is 0 Å². The van der Waals surface area contributed by atoms with Crippen LogP contribution in [0.2, 0.25) is 0 Å². The largest absolute Gasteiger partial charge is 0.370 e. The summed E-state index contributed by atoms with van der Waals surface area (Å²) in [6.45, 7) is 12.8. The molecule has 1 aliphatic heterocycles. The number of hydrogen-bond donors (Lipinski definition) is 1. The highest BCUT2D eigenvalue weighted by Crippen LogP contribution is 2.17. The van der Waals surface area contributed by atoms with Crippen LogP contribution in [-0.2, 0) is 0 Å². The van der Waals surface area contributed by atoms with Crippen LogP contribution in [0.15, 0.2) is 6.07 Å². The molecule has 1 saturated heterocycles. The fourth-order valence-electron chi connectivity index (χ4n) is 2.35. The van der Waals surface area contributed by atoms with E-state index in [-0.39, 0.29) is 0 Å². The number of rotatable bonds is 5. The average molecular weight is 263 g/mol. The maximum atomic E-state index is 4.57. The van der Waals surface area contributed by atoms with Crippen molar-refractivity contribution in [1.82, 2.24) is 14.9 Å². The van der Waals surface area contributed by atoms with Gasteiger partial charge in [-0.1, -0.05) is 13.8 Å². The van der Waals surface area contributed by atoms with Crippen LogP contribution in [0.4, 0.5) is 11.6 Å². The molecule has 0 spiro atoms. The molecule has 106 valence electrons. The predicted molar refractivity (Wildman–Crippen MR) is 79.9 cm³/mol. The van der Waals surface area contributed by atoms with Crippen LogP contribution >= 0.6 is 0 Å². The Bertz CT molecular complexity index is 399. The number of piperazine rings is 1. The fraction of sp³-hybridized carbons (Fsp3) is 0.714. The fourth-order valence-corrected chi connectivity index (χ4v) is 2.35. The smallest absolute Gasteiger partial charge is 0.134 e. The summed E-state index contributed by atoms with van der Waals surface area (Å²) in [7, 11) is 0. The molecule has 0 saturated carbocycles. The molecule has 0 unspecified atom stereocenters. The maximum Gasteiger partial charge on any atom is 0.134 e.